The number of carbonyl (C=O) groups excluding carboxylic acids is 1. The van der Waals surface area contributed by atoms with Gasteiger partial charge in [-0.15, -0.1) is 0 Å². The number of nitrogens with one attached hydrogen (secondary N) is 2. The van der Waals surface area contributed by atoms with Gasteiger partial charge < -0.3 is 15.2 Å². The first-order valence-electron chi connectivity index (χ1n) is 8.66. The van der Waals surface area contributed by atoms with Gasteiger partial charge in [-0.2, -0.15) is 0 Å². The number of aromatic nitrogens is 2. The van der Waals surface area contributed by atoms with E-state index in [1.165, 1.54) is 0 Å². The molecule has 1 amide bonds. The van der Waals surface area contributed by atoms with Crippen LogP contribution in [0.25, 0.3) is 5.69 Å². The van der Waals surface area contributed by atoms with E-state index in [2.05, 4.69) is 29.0 Å². The highest BCUT2D eigenvalue weighted by Gasteiger charge is 2.14. The number of hydrogen-bond donors (Lipinski definition) is 2. The summed E-state index contributed by atoms with van der Waals surface area (Å²) in [5.74, 6) is -0.211. The lowest BCUT2D eigenvalue weighted by Gasteiger charge is -2.21. The molecule has 0 aliphatic rings. The average molecular weight is 366 g/mol. The monoisotopic (exact) mass is 366 g/mol. The fourth-order valence-electron chi connectivity index (χ4n) is 2.91. The fourth-order valence-corrected chi connectivity index (χ4v) is 3.17. The first-order chi connectivity index (χ1) is 12.6. The van der Waals surface area contributed by atoms with Crippen LogP contribution in [0.2, 0.25) is 0 Å². The molecule has 0 atom stereocenters. The summed E-state index contributed by atoms with van der Waals surface area (Å²) in [6.07, 6.45) is 1.63. The van der Waals surface area contributed by atoms with Crippen LogP contribution in [-0.2, 0) is 0 Å². The molecule has 0 radical (unpaired) electrons. The highest BCUT2D eigenvalue weighted by Crippen LogP contribution is 2.19. The van der Waals surface area contributed by atoms with Crippen molar-refractivity contribution in [2.45, 2.75) is 13.8 Å². The quantitative estimate of drug-likeness (QED) is 0.625. The van der Waals surface area contributed by atoms with Gasteiger partial charge in [0, 0.05) is 36.3 Å². The van der Waals surface area contributed by atoms with Crippen LogP contribution in [0, 0.1) is 4.77 Å². The Balaban J connectivity index is 1.82. The van der Waals surface area contributed by atoms with Gasteiger partial charge in [0.15, 0.2) is 4.77 Å². The minimum atomic E-state index is -0.211. The number of H-pyrrole nitrogens is 1. The highest BCUT2D eigenvalue weighted by molar-refractivity contribution is 7.71. The van der Waals surface area contributed by atoms with Gasteiger partial charge >= 0.3 is 0 Å². The zero-order chi connectivity index (χ0) is 18.5. The number of imidazole rings is 1. The molecule has 0 bridgehead atoms. The van der Waals surface area contributed by atoms with Gasteiger partial charge in [0.1, 0.15) is 5.69 Å². The number of aromatic amines is 1. The number of hydrogen-bond acceptors (Lipinski definition) is 3. The van der Waals surface area contributed by atoms with Crippen LogP contribution in [0.5, 0.6) is 0 Å². The van der Waals surface area contributed by atoms with Gasteiger partial charge in [-0.25, -0.2) is 0 Å². The third-order valence-corrected chi connectivity index (χ3v) is 4.58. The third-order valence-electron chi connectivity index (χ3n) is 4.28. The maximum atomic E-state index is 12.7. The molecule has 0 fully saturated rings. The third kappa shape index (κ3) is 3.70. The van der Waals surface area contributed by atoms with E-state index < -0.39 is 0 Å². The van der Waals surface area contributed by atoms with Crippen molar-refractivity contribution in [1.82, 2.24) is 9.55 Å². The molecule has 1 aromatic heterocycles. The molecule has 2 aromatic carbocycles. The standard InChI is InChI=1S/C20H22N4OS/c1-3-23(4-2)16-12-10-15(11-13-16)22-19(25)18-14-21-20(26)24(18)17-8-6-5-7-9-17/h5-14H,3-4H2,1-2H3,(H,21,26)(H,22,25). The molecule has 3 aromatic rings. The Hall–Kier alpha value is -2.86. The Labute approximate surface area is 158 Å². The maximum absolute atomic E-state index is 12.7. The van der Waals surface area contributed by atoms with Gasteiger partial charge in [0.25, 0.3) is 5.91 Å². The van der Waals surface area contributed by atoms with E-state index in [1.807, 2.05) is 54.6 Å². The zero-order valence-corrected chi connectivity index (χ0v) is 15.7. The van der Waals surface area contributed by atoms with Crippen LogP contribution in [0.3, 0.4) is 0 Å². The van der Waals surface area contributed by atoms with Crippen LogP contribution < -0.4 is 10.2 Å². The van der Waals surface area contributed by atoms with Gasteiger partial charge in [-0.1, -0.05) is 18.2 Å². The average Bonchev–Trinajstić information content (AvgIpc) is 3.06. The summed E-state index contributed by atoms with van der Waals surface area (Å²) in [4.78, 5) is 18.0. The summed E-state index contributed by atoms with van der Waals surface area (Å²) >= 11 is 5.33. The molecule has 0 unspecified atom stereocenters. The van der Waals surface area contributed by atoms with Crippen molar-refractivity contribution in [3.05, 3.63) is 71.3 Å². The number of carbonyl (C=O) groups is 1. The minimum absolute atomic E-state index is 0.211. The lowest BCUT2D eigenvalue weighted by Crippen LogP contribution is -2.21. The van der Waals surface area contributed by atoms with Crippen LogP contribution in [0.4, 0.5) is 11.4 Å². The Kier molecular flexibility index (Phi) is 5.53. The normalized spacial score (nSPS) is 10.5. The van der Waals surface area contributed by atoms with Crippen molar-refractivity contribution in [2.75, 3.05) is 23.3 Å². The van der Waals surface area contributed by atoms with Crippen molar-refractivity contribution in [3.63, 3.8) is 0 Å². The molecule has 26 heavy (non-hydrogen) atoms. The molecule has 2 N–H and O–H groups in total. The predicted molar refractivity (Wildman–Crippen MR) is 109 cm³/mol. The largest absolute Gasteiger partial charge is 0.372 e. The molecular weight excluding hydrogens is 344 g/mol. The molecule has 0 spiro atoms. The molecule has 0 aliphatic carbocycles. The summed E-state index contributed by atoms with van der Waals surface area (Å²) in [7, 11) is 0. The lowest BCUT2D eigenvalue weighted by molar-refractivity contribution is 0.102. The van der Waals surface area contributed by atoms with E-state index in [0.29, 0.717) is 10.5 Å². The molecule has 5 nitrogen and oxygen atoms in total. The van der Waals surface area contributed by atoms with Crippen molar-refractivity contribution in [1.29, 1.82) is 0 Å². The van der Waals surface area contributed by atoms with Crippen molar-refractivity contribution >= 4 is 29.5 Å². The number of anilines is 2. The second kappa shape index (κ2) is 8.01. The van der Waals surface area contributed by atoms with Crippen molar-refractivity contribution < 1.29 is 4.79 Å². The number of benzene rings is 2. The minimum Gasteiger partial charge on any atom is -0.372 e. The van der Waals surface area contributed by atoms with Gasteiger partial charge in [-0.05, 0) is 62.5 Å². The van der Waals surface area contributed by atoms with Crippen LogP contribution in [-0.4, -0.2) is 28.5 Å². The molecule has 0 aliphatic heterocycles. The zero-order valence-electron chi connectivity index (χ0n) is 14.9. The first-order valence-corrected chi connectivity index (χ1v) is 9.07. The smallest absolute Gasteiger partial charge is 0.274 e. The second-order valence-corrected chi connectivity index (χ2v) is 6.21. The summed E-state index contributed by atoms with van der Waals surface area (Å²) in [5, 5.41) is 2.94. The van der Waals surface area contributed by atoms with E-state index in [9.17, 15) is 4.79 Å². The molecule has 0 saturated carbocycles. The second-order valence-electron chi connectivity index (χ2n) is 5.82. The predicted octanol–water partition coefficient (Wildman–Crippen LogP) is 4.63. The number of rotatable bonds is 6. The van der Waals surface area contributed by atoms with Crippen LogP contribution >= 0.6 is 12.2 Å². The van der Waals surface area contributed by atoms with Gasteiger partial charge in [0.05, 0.1) is 0 Å². The Bertz CT molecular complexity index is 924. The summed E-state index contributed by atoms with van der Waals surface area (Å²) in [5.41, 5.74) is 3.20. The van der Waals surface area contributed by atoms with Gasteiger partial charge in [0.2, 0.25) is 0 Å². The fraction of sp³-hybridized carbons (Fsp3) is 0.200. The summed E-state index contributed by atoms with van der Waals surface area (Å²) < 4.78 is 2.22. The molecule has 6 heteroatoms. The first kappa shape index (κ1) is 17.9. The van der Waals surface area contributed by atoms with Gasteiger partial charge in [-0.3, -0.25) is 9.36 Å². The Morgan fingerprint density at radius 2 is 1.73 bits per heavy atom. The molecule has 0 saturated heterocycles. The van der Waals surface area contributed by atoms with E-state index in [4.69, 9.17) is 12.2 Å². The van der Waals surface area contributed by atoms with E-state index in [0.717, 1.165) is 30.2 Å². The van der Waals surface area contributed by atoms with Crippen LogP contribution in [0.1, 0.15) is 24.3 Å². The maximum Gasteiger partial charge on any atom is 0.274 e. The van der Waals surface area contributed by atoms with E-state index >= 15 is 0 Å². The molecular formula is C20H22N4OS. The summed E-state index contributed by atoms with van der Waals surface area (Å²) in [6, 6.07) is 17.5. The molecule has 134 valence electrons. The highest BCUT2D eigenvalue weighted by atomic mass is 32.1. The topological polar surface area (TPSA) is 53.1 Å². The number of amides is 1. The molecule has 3 rings (SSSR count). The SMILES string of the molecule is CCN(CC)c1ccc(NC(=O)c2c[nH]c(=S)n2-c2ccccc2)cc1. The Morgan fingerprint density at radius 1 is 1.08 bits per heavy atom. The van der Waals surface area contributed by atoms with Crippen molar-refractivity contribution in [3.8, 4) is 5.69 Å². The van der Waals surface area contributed by atoms with E-state index in [-0.39, 0.29) is 5.91 Å². The van der Waals surface area contributed by atoms with Crippen LogP contribution in [0.15, 0.2) is 60.8 Å². The number of para-hydroxylation sites is 1. The number of nitrogens with zero attached hydrogens (tertiary/aromatic N) is 2. The summed E-state index contributed by atoms with van der Waals surface area (Å²) in [6.45, 7) is 6.15. The van der Waals surface area contributed by atoms with E-state index in [1.54, 1.807) is 10.8 Å². The lowest BCUT2D eigenvalue weighted by atomic mass is 10.2. The van der Waals surface area contributed by atoms with Crippen molar-refractivity contribution in [2.24, 2.45) is 0 Å². The molecule has 1 heterocycles. The Morgan fingerprint density at radius 3 is 2.35 bits per heavy atom.